The molecule has 1 aromatic heterocycles. The van der Waals surface area contributed by atoms with Gasteiger partial charge in [-0.3, -0.25) is 0 Å². The molecule has 0 radical (unpaired) electrons. The highest BCUT2D eigenvalue weighted by Gasteiger charge is 2.41. The smallest absolute Gasteiger partial charge is 0.109 e. The zero-order chi connectivity index (χ0) is 13.0. The molecule has 0 saturated heterocycles. The maximum absolute atomic E-state index is 4.87. The van der Waals surface area contributed by atoms with Crippen LogP contribution >= 0.6 is 11.8 Å². The van der Waals surface area contributed by atoms with Gasteiger partial charge in [-0.25, -0.2) is 4.98 Å². The van der Waals surface area contributed by atoms with Gasteiger partial charge in [0.25, 0.3) is 0 Å². The molecule has 1 aliphatic heterocycles. The molecular formula is C15H22N2S. The Bertz CT molecular complexity index is 511. The van der Waals surface area contributed by atoms with E-state index < -0.39 is 0 Å². The van der Waals surface area contributed by atoms with Crippen molar-refractivity contribution in [2.75, 3.05) is 0 Å². The maximum atomic E-state index is 4.87. The minimum Gasteiger partial charge on any atom is -0.345 e. The molecule has 0 spiro atoms. The lowest BCUT2D eigenvalue weighted by molar-refractivity contribution is 0.539. The second-order valence-corrected chi connectivity index (χ2v) is 7.70. The fourth-order valence-corrected chi connectivity index (χ4v) is 4.48. The van der Waals surface area contributed by atoms with Gasteiger partial charge in [0.05, 0.1) is 11.4 Å². The van der Waals surface area contributed by atoms with Gasteiger partial charge in [-0.05, 0) is 17.9 Å². The second-order valence-electron chi connectivity index (χ2n) is 6.25. The summed E-state index contributed by atoms with van der Waals surface area (Å²) in [5.74, 6) is 2.86. The first-order chi connectivity index (χ1) is 8.49. The van der Waals surface area contributed by atoms with Gasteiger partial charge in [0.1, 0.15) is 5.82 Å². The maximum Gasteiger partial charge on any atom is 0.109 e. The predicted octanol–water partition coefficient (Wildman–Crippen LogP) is 4.52. The molecule has 2 aliphatic rings. The summed E-state index contributed by atoms with van der Waals surface area (Å²) < 4.78 is 0. The quantitative estimate of drug-likeness (QED) is 0.848. The average molecular weight is 262 g/mol. The third-order valence-electron chi connectivity index (χ3n) is 3.98. The van der Waals surface area contributed by atoms with Crippen LogP contribution in [0.3, 0.4) is 0 Å². The van der Waals surface area contributed by atoms with Gasteiger partial charge in [-0.2, -0.15) is 0 Å². The van der Waals surface area contributed by atoms with Crippen molar-refractivity contribution in [2.45, 2.75) is 58.1 Å². The minimum absolute atomic E-state index is 0.483. The number of hydrogen-bond donors (Lipinski definition) is 1. The van der Waals surface area contributed by atoms with Crippen LogP contribution in [0.25, 0.3) is 4.91 Å². The number of nitrogens with zero attached hydrogens (tertiary/aromatic N) is 1. The summed E-state index contributed by atoms with van der Waals surface area (Å²) in [5.41, 5.74) is 4.30. The van der Waals surface area contributed by atoms with Crippen molar-refractivity contribution in [3.8, 4) is 0 Å². The van der Waals surface area contributed by atoms with E-state index in [-0.39, 0.29) is 0 Å². The van der Waals surface area contributed by atoms with E-state index in [4.69, 9.17) is 4.98 Å². The Hall–Kier alpha value is -0.700. The van der Waals surface area contributed by atoms with E-state index in [2.05, 4.69) is 39.6 Å². The van der Waals surface area contributed by atoms with Gasteiger partial charge in [-0.1, -0.05) is 34.6 Å². The number of fused-ring (bicyclic) bond motifs is 2. The summed E-state index contributed by atoms with van der Waals surface area (Å²) in [6.07, 6.45) is 1.24. The van der Waals surface area contributed by atoms with Gasteiger partial charge in [0, 0.05) is 22.0 Å². The monoisotopic (exact) mass is 262 g/mol. The minimum atomic E-state index is 0.483. The average Bonchev–Trinajstić information content (AvgIpc) is 2.86. The molecule has 3 rings (SSSR count). The van der Waals surface area contributed by atoms with Crippen molar-refractivity contribution in [3.05, 3.63) is 22.8 Å². The van der Waals surface area contributed by atoms with E-state index in [1.54, 1.807) is 5.57 Å². The number of H-pyrrole nitrogens is 1. The number of aromatic amines is 1. The van der Waals surface area contributed by atoms with Crippen LogP contribution in [0.4, 0.5) is 0 Å². The van der Waals surface area contributed by atoms with E-state index in [0.29, 0.717) is 17.8 Å². The van der Waals surface area contributed by atoms with Crippen molar-refractivity contribution in [2.24, 2.45) is 5.92 Å². The Labute approximate surface area is 114 Å². The molecular weight excluding hydrogens is 240 g/mol. The number of hydrogen-bond acceptors (Lipinski definition) is 2. The molecule has 0 amide bonds. The normalized spacial score (nSPS) is 26.4. The lowest BCUT2D eigenvalue weighted by atomic mass is 9.87. The Morgan fingerprint density at radius 2 is 2.00 bits per heavy atom. The summed E-state index contributed by atoms with van der Waals surface area (Å²) in [7, 11) is 0. The molecule has 2 atom stereocenters. The molecule has 2 unspecified atom stereocenters. The zero-order valence-electron chi connectivity index (χ0n) is 11.9. The van der Waals surface area contributed by atoms with Crippen molar-refractivity contribution < 1.29 is 0 Å². The van der Waals surface area contributed by atoms with Crippen LogP contribution in [0.5, 0.6) is 0 Å². The first kappa shape index (κ1) is 12.3. The Balaban J connectivity index is 2.09. The van der Waals surface area contributed by atoms with E-state index >= 15 is 0 Å². The van der Waals surface area contributed by atoms with Gasteiger partial charge >= 0.3 is 0 Å². The first-order valence-corrected chi connectivity index (χ1v) is 7.86. The molecule has 3 heteroatoms. The van der Waals surface area contributed by atoms with Crippen LogP contribution < -0.4 is 0 Å². The van der Waals surface area contributed by atoms with Gasteiger partial charge in [0.15, 0.2) is 0 Å². The van der Waals surface area contributed by atoms with Crippen LogP contribution in [-0.4, -0.2) is 15.2 Å². The fourth-order valence-electron chi connectivity index (χ4n) is 3.18. The largest absolute Gasteiger partial charge is 0.345 e. The SMILES string of the molecule is CC1CC2=C(S1)c1nc(C(C)C)[nH]c1C2C(C)C. The Morgan fingerprint density at radius 1 is 1.28 bits per heavy atom. The van der Waals surface area contributed by atoms with Gasteiger partial charge in [-0.15, -0.1) is 11.8 Å². The lowest BCUT2D eigenvalue weighted by Crippen LogP contribution is -2.09. The summed E-state index contributed by atoms with van der Waals surface area (Å²) in [6, 6.07) is 0. The lowest BCUT2D eigenvalue weighted by Gasteiger charge is -2.19. The van der Waals surface area contributed by atoms with Gasteiger partial charge < -0.3 is 4.98 Å². The first-order valence-electron chi connectivity index (χ1n) is 6.98. The second kappa shape index (κ2) is 4.16. The molecule has 18 heavy (non-hydrogen) atoms. The van der Waals surface area contributed by atoms with E-state index in [0.717, 1.165) is 11.1 Å². The van der Waals surface area contributed by atoms with Crippen LogP contribution in [0.2, 0.25) is 0 Å². The van der Waals surface area contributed by atoms with Crippen molar-refractivity contribution in [1.82, 2.24) is 9.97 Å². The van der Waals surface area contributed by atoms with Crippen LogP contribution in [-0.2, 0) is 0 Å². The molecule has 2 nitrogen and oxygen atoms in total. The fraction of sp³-hybridized carbons (Fsp3) is 0.667. The summed E-state index contributed by atoms with van der Waals surface area (Å²) in [5, 5.41) is 0.726. The van der Waals surface area contributed by atoms with E-state index in [1.165, 1.54) is 22.7 Å². The van der Waals surface area contributed by atoms with Crippen molar-refractivity contribution in [3.63, 3.8) is 0 Å². The summed E-state index contributed by atoms with van der Waals surface area (Å²) >= 11 is 2.02. The number of rotatable bonds is 2. The summed E-state index contributed by atoms with van der Waals surface area (Å²) in [4.78, 5) is 9.95. The highest BCUT2D eigenvalue weighted by atomic mass is 32.2. The number of nitrogens with one attached hydrogen (secondary N) is 1. The molecule has 1 aromatic rings. The van der Waals surface area contributed by atoms with E-state index in [9.17, 15) is 0 Å². The standard InChI is InChI=1S/C15H22N2S/c1-7(2)11-10-6-9(5)18-14(10)13-12(11)16-15(17-13)8(3)4/h7-9,11H,6H2,1-5H3,(H,16,17). The topological polar surface area (TPSA) is 28.7 Å². The summed E-state index contributed by atoms with van der Waals surface area (Å²) in [6.45, 7) is 11.4. The van der Waals surface area contributed by atoms with Gasteiger partial charge in [0.2, 0.25) is 0 Å². The third kappa shape index (κ3) is 1.67. The van der Waals surface area contributed by atoms with Crippen LogP contribution in [0.15, 0.2) is 5.57 Å². The Morgan fingerprint density at radius 3 is 2.61 bits per heavy atom. The molecule has 0 aromatic carbocycles. The third-order valence-corrected chi connectivity index (χ3v) is 5.24. The highest BCUT2D eigenvalue weighted by molar-refractivity contribution is 8.09. The van der Waals surface area contributed by atoms with Crippen LogP contribution in [0.1, 0.15) is 70.1 Å². The highest BCUT2D eigenvalue weighted by Crippen LogP contribution is 2.56. The van der Waals surface area contributed by atoms with Crippen molar-refractivity contribution in [1.29, 1.82) is 0 Å². The number of allylic oxidation sites excluding steroid dienone is 1. The molecule has 1 aliphatic carbocycles. The zero-order valence-corrected chi connectivity index (χ0v) is 12.7. The molecule has 0 bridgehead atoms. The molecule has 2 heterocycles. The molecule has 0 saturated carbocycles. The number of imidazole rings is 1. The number of aromatic nitrogens is 2. The Kier molecular flexibility index (Phi) is 2.85. The van der Waals surface area contributed by atoms with Crippen LogP contribution in [0, 0.1) is 5.92 Å². The molecule has 0 fully saturated rings. The van der Waals surface area contributed by atoms with E-state index in [1.807, 2.05) is 11.8 Å². The predicted molar refractivity (Wildman–Crippen MR) is 78.8 cm³/mol. The van der Waals surface area contributed by atoms with Crippen molar-refractivity contribution >= 4 is 16.7 Å². The number of thioether (sulfide) groups is 1. The molecule has 98 valence electrons. The molecule has 1 N–H and O–H groups in total.